The van der Waals surface area contributed by atoms with Gasteiger partial charge in [-0.05, 0) is 36.2 Å². The van der Waals surface area contributed by atoms with Crippen molar-refractivity contribution in [3.8, 4) is 0 Å². The molecule has 1 aromatic heterocycles. The number of hydrogen-bond donors (Lipinski definition) is 1. The summed E-state index contributed by atoms with van der Waals surface area (Å²) in [4.78, 5) is 4.36. The van der Waals surface area contributed by atoms with Crippen LogP contribution in [0.25, 0.3) is 0 Å². The zero-order chi connectivity index (χ0) is 12.6. The second-order valence-corrected chi connectivity index (χ2v) is 4.49. The van der Waals surface area contributed by atoms with Gasteiger partial charge in [-0.3, -0.25) is 4.98 Å². The maximum atomic E-state index is 4.36. The van der Waals surface area contributed by atoms with Crippen molar-refractivity contribution < 1.29 is 0 Å². The third-order valence-electron chi connectivity index (χ3n) is 2.86. The summed E-state index contributed by atoms with van der Waals surface area (Å²) in [7, 11) is 0. The van der Waals surface area contributed by atoms with E-state index in [0.717, 1.165) is 25.2 Å². The number of rotatable bonds is 6. The average molecular weight is 240 g/mol. The summed E-state index contributed by atoms with van der Waals surface area (Å²) >= 11 is 0. The Balaban J connectivity index is 1.99. The van der Waals surface area contributed by atoms with Gasteiger partial charge >= 0.3 is 0 Å². The fraction of sp³-hybridized carbons (Fsp3) is 0.312. The predicted molar refractivity (Wildman–Crippen MR) is 75.5 cm³/mol. The Bertz CT molecular complexity index is 466. The summed E-state index contributed by atoms with van der Waals surface area (Å²) in [6.45, 7) is 4.21. The van der Waals surface area contributed by atoms with Crippen LogP contribution < -0.4 is 5.32 Å². The smallest absolute Gasteiger partial charge is 0.0447 e. The molecule has 1 heterocycles. The normalized spacial score (nSPS) is 10.5. The van der Waals surface area contributed by atoms with Gasteiger partial charge in [0.15, 0.2) is 0 Å². The second-order valence-electron chi connectivity index (χ2n) is 4.49. The molecule has 0 fully saturated rings. The monoisotopic (exact) mass is 240 g/mol. The van der Waals surface area contributed by atoms with E-state index in [9.17, 15) is 0 Å². The Morgan fingerprint density at radius 3 is 2.72 bits per heavy atom. The maximum Gasteiger partial charge on any atom is 0.0447 e. The second kappa shape index (κ2) is 6.92. The molecule has 2 heteroatoms. The molecule has 2 nitrogen and oxygen atoms in total. The lowest BCUT2D eigenvalue weighted by Crippen LogP contribution is -2.13. The molecule has 0 bridgehead atoms. The zero-order valence-corrected chi connectivity index (χ0v) is 10.9. The molecule has 0 aliphatic heterocycles. The molecule has 0 aliphatic carbocycles. The first-order valence-corrected chi connectivity index (χ1v) is 6.57. The third kappa shape index (κ3) is 3.97. The van der Waals surface area contributed by atoms with Crippen molar-refractivity contribution in [3.05, 3.63) is 65.5 Å². The van der Waals surface area contributed by atoms with E-state index in [2.05, 4.69) is 47.6 Å². The van der Waals surface area contributed by atoms with Gasteiger partial charge in [-0.2, -0.15) is 0 Å². The van der Waals surface area contributed by atoms with Crippen molar-refractivity contribution in [1.82, 2.24) is 10.3 Å². The lowest BCUT2D eigenvalue weighted by Gasteiger charge is -2.06. The molecule has 0 spiro atoms. The van der Waals surface area contributed by atoms with E-state index in [1.165, 1.54) is 17.5 Å². The van der Waals surface area contributed by atoms with E-state index in [0.29, 0.717) is 0 Å². The molecule has 0 radical (unpaired) electrons. The van der Waals surface area contributed by atoms with E-state index < -0.39 is 0 Å². The van der Waals surface area contributed by atoms with Crippen LogP contribution in [0.15, 0.2) is 48.7 Å². The Morgan fingerprint density at radius 1 is 1.06 bits per heavy atom. The molecular formula is C16H20N2. The van der Waals surface area contributed by atoms with Gasteiger partial charge in [0.25, 0.3) is 0 Å². The van der Waals surface area contributed by atoms with Gasteiger partial charge in [-0.1, -0.05) is 37.3 Å². The first-order valence-electron chi connectivity index (χ1n) is 6.57. The average Bonchev–Trinajstić information content (AvgIpc) is 2.41. The Kier molecular flexibility index (Phi) is 4.91. The molecule has 0 unspecified atom stereocenters. The molecule has 1 aromatic carbocycles. The highest BCUT2D eigenvalue weighted by atomic mass is 14.8. The zero-order valence-electron chi connectivity index (χ0n) is 10.9. The van der Waals surface area contributed by atoms with Crippen molar-refractivity contribution in [2.45, 2.75) is 26.3 Å². The first kappa shape index (κ1) is 12.8. The molecule has 0 saturated heterocycles. The van der Waals surface area contributed by atoms with Crippen LogP contribution >= 0.6 is 0 Å². The van der Waals surface area contributed by atoms with E-state index in [1.54, 1.807) is 0 Å². The molecule has 1 N–H and O–H groups in total. The minimum atomic E-state index is 0.905. The molecule has 94 valence electrons. The van der Waals surface area contributed by atoms with Crippen LogP contribution in [-0.2, 0) is 13.0 Å². The van der Waals surface area contributed by atoms with Crippen LogP contribution in [0.2, 0.25) is 0 Å². The van der Waals surface area contributed by atoms with Gasteiger partial charge in [0.05, 0.1) is 0 Å². The molecular weight excluding hydrogens is 220 g/mol. The highest BCUT2D eigenvalue weighted by Gasteiger charge is 1.98. The summed E-state index contributed by atoms with van der Waals surface area (Å²) in [5.74, 6) is 0. The van der Waals surface area contributed by atoms with Crippen molar-refractivity contribution in [2.24, 2.45) is 0 Å². The molecule has 0 amide bonds. The number of nitrogens with one attached hydrogen (secondary N) is 1. The van der Waals surface area contributed by atoms with Crippen LogP contribution in [0.1, 0.15) is 30.2 Å². The number of hydrogen-bond acceptors (Lipinski definition) is 2. The van der Waals surface area contributed by atoms with Crippen molar-refractivity contribution in [2.75, 3.05) is 6.54 Å². The van der Waals surface area contributed by atoms with Gasteiger partial charge in [0.2, 0.25) is 0 Å². The van der Waals surface area contributed by atoms with Gasteiger partial charge < -0.3 is 5.32 Å². The minimum Gasteiger partial charge on any atom is -0.313 e. The van der Waals surface area contributed by atoms with Gasteiger partial charge in [-0.15, -0.1) is 0 Å². The summed E-state index contributed by atoms with van der Waals surface area (Å²) in [5, 5.41) is 3.43. The van der Waals surface area contributed by atoms with Crippen LogP contribution in [-0.4, -0.2) is 11.5 Å². The Hall–Kier alpha value is -1.67. The van der Waals surface area contributed by atoms with Crippen LogP contribution in [0, 0.1) is 0 Å². The van der Waals surface area contributed by atoms with Crippen LogP contribution in [0.3, 0.4) is 0 Å². The van der Waals surface area contributed by atoms with E-state index in [-0.39, 0.29) is 0 Å². The molecule has 0 atom stereocenters. The summed E-state index contributed by atoms with van der Waals surface area (Å²) in [6, 6.07) is 14.8. The fourth-order valence-corrected chi connectivity index (χ4v) is 1.97. The lowest BCUT2D eigenvalue weighted by molar-refractivity contribution is 0.675. The number of benzene rings is 1. The summed E-state index contributed by atoms with van der Waals surface area (Å²) in [6.07, 6.45) is 3.93. The minimum absolute atomic E-state index is 0.905. The quantitative estimate of drug-likeness (QED) is 0.784. The van der Waals surface area contributed by atoms with E-state index in [1.807, 2.05) is 18.3 Å². The first-order chi connectivity index (χ1) is 8.88. The SMILES string of the molecule is CCCNCc1cccc(Cc2ccccn2)c1. The van der Waals surface area contributed by atoms with E-state index >= 15 is 0 Å². The lowest BCUT2D eigenvalue weighted by atomic mass is 10.1. The standard InChI is InChI=1S/C16H20N2/c1-2-9-17-13-15-7-5-6-14(11-15)12-16-8-3-4-10-18-16/h3-8,10-11,17H,2,9,12-13H2,1H3. The highest BCUT2D eigenvalue weighted by molar-refractivity contribution is 5.27. The molecule has 2 rings (SSSR count). The molecule has 0 aliphatic rings. The fourth-order valence-electron chi connectivity index (χ4n) is 1.97. The van der Waals surface area contributed by atoms with Crippen LogP contribution in [0.5, 0.6) is 0 Å². The largest absolute Gasteiger partial charge is 0.313 e. The number of nitrogens with zero attached hydrogens (tertiary/aromatic N) is 1. The summed E-state index contributed by atoms with van der Waals surface area (Å²) in [5.41, 5.74) is 3.79. The van der Waals surface area contributed by atoms with Gasteiger partial charge in [0, 0.05) is 24.9 Å². The highest BCUT2D eigenvalue weighted by Crippen LogP contribution is 2.09. The predicted octanol–water partition coefficient (Wildman–Crippen LogP) is 3.17. The topological polar surface area (TPSA) is 24.9 Å². The third-order valence-corrected chi connectivity index (χ3v) is 2.86. The van der Waals surface area contributed by atoms with E-state index in [4.69, 9.17) is 0 Å². The van der Waals surface area contributed by atoms with Gasteiger partial charge in [0.1, 0.15) is 0 Å². The van der Waals surface area contributed by atoms with Gasteiger partial charge in [-0.25, -0.2) is 0 Å². The number of pyridine rings is 1. The van der Waals surface area contributed by atoms with Crippen molar-refractivity contribution >= 4 is 0 Å². The number of aromatic nitrogens is 1. The molecule has 18 heavy (non-hydrogen) atoms. The maximum absolute atomic E-state index is 4.36. The summed E-state index contributed by atoms with van der Waals surface area (Å²) < 4.78 is 0. The Labute approximate surface area is 109 Å². The molecule has 2 aromatic rings. The Morgan fingerprint density at radius 2 is 1.94 bits per heavy atom. The van der Waals surface area contributed by atoms with Crippen molar-refractivity contribution in [3.63, 3.8) is 0 Å². The molecule has 0 saturated carbocycles. The van der Waals surface area contributed by atoms with Crippen LogP contribution in [0.4, 0.5) is 0 Å². The van der Waals surface area contributed by atoms with Crippen molar-refractivity contribution in [1.29, 1.82) is 0 Å².